The van der Waals surface area contributed by atoms with Gasteiger partial charge in [0.2, 0.25) is 10.0 Å². The SMILES string of the molecule is Cc1cc(C)c(S(=O)(=O)N(CC#N)CC#N)cc1C(=O)O. The molecule has 0 aliphatic rings. The number of rotatable bonds is 5. The largest absolute Gasteiger partial charge is 0.478 e. The molecule has 1 N–H and O–H groups in total. The molecule has 0 radical (unpaired) electrons. The van der Waals surface area contributed by atoms with E-state index in [4.69, 9.17) is 15.6 Å². The van der Waals surface area contributed by atoms with E-state index in [-0.39, 0.29) is 10.5 Å². The van der Waals surface area contributed by atoms with Gasteiger partial charge in [-0.05, 0) is 31.0 Å². The number of carboxylic acids is 1. The molecule has 1 rings (SSSR count). The number of hydrogen-bond acceptors (Lipinski definition) is 5. The highest BCUT2D eigenvalue weighted by atomic mass is 32.2. The van der Waals surface area contributed by atoms with E-state index < -0.39 is 29.1 Å². The van der Waals surface area contributed by atoms with Gasteiger partial charge in [0.25, 0.3) is 0 Å². The van der Waals surface area contributed by atoms with Gasteiger partial charge in [0.1, 0.15) is 13.1 Å². The number of aromatic carboxylic acids is 1. The van der Waals surface area contributed by atoms with Gasteiger partial charge in [-0.3, -0.25) is 0 Å². The number of carboxylic acid groups (broad SMARTS) is 1. The third kappa shape index (κ3) is 3.37. The van der Waals surface area contributed by atoms with Crippen molar-refractivity contribution < 1.29 is 18.3 Å². The zero-order chi connectivity index (χ0) is 16.2. The fourth-order valence-corrected chi connectivity index (χ4v) is 3.33. The van der Waals surface area contributed by atoms with Gasteiger partial charge in [-0.15, -0.1) is 0 Å². The predicted molar refractivity (Wildman–Crippen MR) is 72.9 cm³/mol. The lowest BCUT2D eigenvalue weighted by molar-refractivity contribution is 0.0696. The number of carbonyl (C=O) groups is 1. The summed E-state index contributed by atoms with van der Waals surface area (Å²) in [5.41, 5.74) is 0.664. The van der Waals surface area contributed by atoms with Crippen molar-refractivity contribution in [1.82, 2.24) is 4.31 Å². The van der Waals surface area contributed by atoms with Crippen molar-refractivity contribution in [3.63, 3.8) is 0 Å². The Hall–Kier alpha value is -2.42. The zero-order valence-corrected chi connectivity index (χ0v) is 12.3. The van der Waals surface area contributed by atoms with Crippen molar-refractivity contribution in [2.75, 3.05) is 13.1 Å². The summed E-state index contributed by atoms with van der Waals surface area (Å²) in [6, 6.07) is 5.86. The minimum atomic E-state index is -4.10. The average molecular weight is 307 g/mol. The molecule has 0 atom stereocenters. The van der Waals surface area contributed by atoms with Crippen LogP contribution < -0.4 is 0 Å². The van der Waals surface area contributed by atoms with Gasteiger partial charge in [0.05, 0.1) is 22.6 Å². The summed E-state index contributed by atoms with van der Waals surface area (Å²) in [5, 5.41) is 26.4. The molecule has 7 nitrogen and oxygen atoms in total. The summed E-state index contributed by atoms with van der Waals surface area (Å²) < 4.78 is 25.6. The number of sulfonamides is 1. The molecule has 0 aromatic heterocycles. The van der Waals surface area contributed by atoms with Crippen molar-refractivity contribution >= 4 is 16.0 Å². The van der Waals surface area contributed by atoms with E-state index in [9.17, 15) is 13.2 Å². The first-order chi connectivity index (χ1) is 9.75. The van der Waals surface area contributed by atoms with E-state index in [1.165, 1.54) is 13.0 Å². The second kappa shape index (κ2) is 6.35. The molecule has 0 saturated carbocycles. The maximum Gasteiger partial charge on any atom is 0.335 e. The molecule has 0 heterocycles. The van der Waals surface area contributed by atoms with Crippen molar-refractivity contribution in [2.24, 2.45) is 0 Å². The summed E-state index contributed by atoms with van der Waals surface area (Å²) in [7, 11) is -4.10. The molecule has 0 aliphatic heterocycles. The lowest BCUT2D eigenvalue weighted by Crippen LogP contribution is -2.32. The second-order valence-corrected chi connectivity index (χ2v) is 6.23. The first kappa shape index (κ1) is 16.6. The van der Waals surface area contributed by atoms with E-state index in [2.05, 4.69) is 0 Å². The van der Waals surface area contributed by atoms with E-state index in [1.807, 2.05) is 0 Å². The Balaban J connectivity index is 3.51. The van der Waals surface area contributed by atoms with Crippen LogP contribution in [0.5, 0.6) is 0 Å². The lowest BCUT2D eigenvalue weighted by atomic mass is 10.1. The molecular weight excluding hydrogens is 294 g/mol. The molecule has 21 heavy (non-hydrogen) atoms. The molecule has 1 aromatic carbocycles. The summed E-state index contributed by atoms with van der Waals surface area (Å²) in [6.45, 7) is 2.13. The van der Waals surface area contributed by atoms with Crippen LogP contribution >= 0.6 is 0 Å². The van der Waals surface area contributed by atoms with Gasteiger partial charge in [-0.2, -0.15) is 14.8 Å². The Morgan fingerprint density at radius 1 is 1.19 bits per heavy atom. The molecule has 0 aliphatic carbocycles. The molecular formula is C13H13N3O4S. The first-order valence-electron chi connectivity index (χ1n) is 5.84. The highest BCUT2D eigenvalue weighted by molar-refractivity contribution is 7.89. The number of nitrogens with zero attached hydrogens (tertiary/aromatic N) is 3. The molecule has 110 valence electrons. The molecule has 8 heteroatoms. The van der Waals surface area contributed by atoms with Gasteiger partial charge < -0.3 is 5.11 Å². The van der Waals surface area contributed by atoms with E-state index >= 15 is 0 Å². The number of benzene rings is 1. The monoisotopic (exact) mass is 307 g/mol. The number of hydrogen-bond donors (Lipinski definition) is 1. The second-order valence-electron chi connectivity index (χ2n) is 4.33. The minimum Gasteiger partial charge on any atom is -0.478 e. The highest BCUT2D eigenvalue weighted by Gasteiger charge is 2.27. The Morgan fingerprint density at radius 3 is 2.14 bits per heavy atom. The standard InChI is InChI=1S/C13H13N3O4S/c1-9-7-10(2)12(8-11(9)13(17)18)21(19,20)16(5-3-14)6-4-15/h7-8H,5-6H2,1-2H3,(H,17,18). The number of aryl methyl sites for hydroxylation is 2. The third-order valence-electron chi connectivity index (χ3n) is 2.86. The third-order valence-corrected chi connectivity index (χ3v) is 4.80. The van der Waals surface area contributed by atoms with Crippen LogP contribution in [0.3, 0.4) is 0 Å². The fraction of sp³-hybridized carbons (Fsp3) is 0.308. The maximum absolute atomic E-state index is 12.4. The molecule has 0 spiro atoms. The topological polar surface area (TPSA) is 122 Å². The minimum absolute atomic E-state index is 0.131. The van der Waals surface area contributed by atoms with Crippen LogP contribution in [0.2, 0.25) is 0 Å². The van der Waals surface area contributed by atoms with E-state index in [0.29, 0.717) is 15.4 Å². The molecule has 0 saturated heterocycles. The number of nitriles is 2. The summed E-state index contributed by atoms with van der Waals surface area (Å²) in [4.78, 5) is 10.9. The van der Waals surface area contributed by atoms with Crippen molar-refractivity contribution in [1.29, 1.82) is 10.5 Å². The normalized spacial score (nSPS) is 10.9. The van der Waals surface area contributed by atoms with Gasteiger partial charge in [-0.25, -0.2) is 13.2 Å². The molecule has 0 amide bonds. The average Bonchev–Trinajstić information content (AvgIpc) is 2.37. The van der Waals surface area contributed by atoms with Crippen molar-refractivity contribution in [3.05, 3.63) is 28.8 Å². The van der Waals surface area contributed by atoms with Crippen LogP contribution in [0.25, 0.3) is 0 Å². The predicted octanol–water partition coefficient (Wildman–Crippen LogP) is 1.04. The summed E-state index contributed by atoms with van der Waals surface area (Å²) in [6.07, 6.45) is 0. The molecule has 0 bridgehead atoms. The van der Waals surface area contributed by atoms with Gasteiger partial charge in [0.15, 0.2) is 0 Å². The van der Waals surface area contributed by atoms with E-state index in [1.54, 1.807) is 19.1 Å². The fourth-order valence-electron chi connectivity index (χ4n) is 1.86. The summed E-state index contributed by atoms with van der Waals surface area (Å²) >= 11 is 0. The van der Waals surface area contributed by atoms with Crippen molar-refractivity contribution in [2.45, 2.75) is 18.7 Å². The summed E-state index contributed by atoms with van der Waals surface area (Å²) in [5.74, 6) is -1.24. The Labute approximate surface area is 122 Å². The Morgan fingerprint density at radius 2 is 1.71 bits per heavy atom. The van der Waals surface area contributed by atoms with Crippen LogP contribution in [0.1, 0.15) is 21.5 Å². The van der Waals surface area contributed by atoms with Crippen LogP contribution in [0.4, 0.5) is 0 Å². The lowest BCUT2D eigenvalue weighted by Gasteiger charge is -2.18. The molecule has 0 fully saturated rings. The van der Waals surface area contributed by atoms with Gasteiger partial charge >= 0.3 is 5.97 Å². The zero-order valence-electron chi connectivity index (χ0n) is 11.5. The first-order valence-corrected chi connectivity index (χ1v) is 7.28. The molecule has 1 aromatic rings. The Bertz CT molecular complexity index is 741. The quantitative estimate of drug-likeness (QED) is 0.811. The van der Waals surface area contributed by atoms with Crippen molar-refractivity contribution in [3.8, 4) is 12.1 Å². The van der Waals surface area contributed by atoms with Crippen LogP contribution in [-0.2, 0) is 10.0 Å². The smallest absolute Gasteiger partial charge is 0.335 e. The van der Waals surface area contributed by atoms with Crippen LogP contribution in [0.15, 0.2) is 17.0 Å². The van der Waals surface area contributed by atoms with Crippen LogP contribution in [-0.4, -0.2) is 36.9 Å². The van der Waals surface area contributed by atoms with Gasteiger partial charge in [-0.1, -0.05) is 6.07 Å². The Kier molecular flexibility index (Phi) is 5.03. The van der Waals surface area contributed by atoms with Gasteiger partial charge in [0, 0.05) is 0 Å². The van der Waals surface area contributed by atoms with Crippen LogP contribution in [0, 0.1) is 36.5 Å². The highest BCUT2D eigenvalue weighted by Crippen LogP contribution is 2.23. The molecule has 0 unspecified atom stereocenters. The maximum atomic E-state index is 12.4. The van der Waals surface area contributed by atoms with E-state index in [0.717, 1.165) is 6.07 Å².